The molecule has 28 heavy (non-hydrogen) atoms. The van der Waals surface area contributed by atoms with Crippen molar-refractivity contribution in [2.75, 3.05) is 13.2 Å². The van der Waals surface area contributed by atoms with Gasteiger partial charge in [-0.15, -0.1) is 0 Å². The second-order valence-electron chi connectivity index (χ2n) is 5.72. The molecule has 1 aromatic heterocycles. The number of thioether (sulfide) groups is 1. The van der Waals surface area contributed by atoms with Crippen LogP contribution in [0.2, 0.25) is 0 Å². The van der Waals surface area contributed by atoms with Gasteiger partial charge in [0.2, 0.25) is 5.78 Å². The summed E-state index contributed by atoms with van der Waals surface area (Å²) in [5.74, 6) is -4.68. The summed E-state index contributed by atoms with van der Waals surface area (Å²) in [6, 6.07) is 5.76. The van der Waals surface area contributed by atoms with Crippen LogP contribution in [0, 0.1) is 13.8 Å². The predicted octanol–water partition coefficient (Wildman–Crippen LogP) is 4.16. The quantitative estimate of drug-likeness (QED) is 0.399. The van der Waals surface area contributed by atoms with Gasteiger partial charge in [-0.25, -0.2) is 9.59 Å². The maximum Gasteiger partial charge on any atom is 0.355 e. The number of esters is 2. The molecule has 0 bridgehead atoms. The van der Waals surface area contributed by atoms with Gasteiger partial charge in [-0.3, -0.25) is 4.79 Å². The van der Waals surface area contributed by atoms with Gasteiger partial charge in [-0.1, -0.05) is 23.9 Å². The third-order valence-corrected chi connectivity index (χ3v) is 4.64. The lowest BCUT2D eigenvalue weighted by Crippen LogP contribution is -2.16. The zero-order valence-corrected chi connectivity index (χ0v) is 16.3. The topological polar surface area (TPSA) is 85.5 Å². The molecule has 0 spiro atoms. The summed E-state index contributed by atoms with van der Waals surface area (Å²) >= 11 is 0.225. The maximum absolute atomic E-state index is 12.6. The fourth-order valence-electron chi connectivity index (χ4n) is 2.69. The number of H-pyrrole nitrogens is 1. The molecule has 2 rings (SSSR count). The third-order valence-electron chi connectivity index (χ3n) is 3.85. The second-order valence-corrected chi connectivity index (χ2v) is 6.75. The zero-order valence-electron chi connectivity index (χ0n) is 15.5. The van der Waals surface area contributed by atoms with Crippen LogP contribution in [0.4, 0.5) is 8.78 Å². The molecule has 0 atom stereocenters. The zero-order chi connectivity index (χ0) is 20.8. The van der Waals surface area contributed by atoms with Crippen LogP contribution >= 0.6 is 11.8 Å². The molecule has 150 valence electrons. The Balaban J connectivity index is 2.13. The van der Waals surface area contributed by atoms with E-state index in [9.17, 15) is 23.2 Å². The first-order valence-electron chi connectivity index (χ1n) is 8.36. The number of halogens is 2. The van der Waals surface area contributed by atoms with Crippen molar-refractivity contribution in [2.45, 2.75) is 31.4 Å². The van der Waals surface area contributed by atoms with Crippen LogP contribution in [0.5, 0.6) is 0 Å². The van der Waals surface area contributed by atoms with E-state index in [0.29, 0.717) is 11.3 Å². The summed E-state index contributed by atoms with van der Waals surface area (Å²) in [7, 11) is 0. The van der Waals surface area contributed by atoms with Crippen LogP contribution in [0.3, 0.4) is 0 Å². The van der Waals surface area contributed by atoms with Gasteiger partial charge in [0, 0.05) is 16.2 Å². The number of aromatic amines is 1. The van der Waals surface area contributed by atoms with Crippen LogP contribution < -0.4 is 0 Å². The van der Waals surface area contributed by atoms with E-state index >= 15 is 0 Å². The van der Waals surface area contributed by atoms with E-state index in [1.165, 1.54) is 24.3 Å². The molecule has 0 amide bonds. The molecule has 0 saturated heterocycles. The minimum Gasteiger partial charge on any atom is -0.461 e. The van der Waals surface area contributed by atoms with Crippen molar-refractivity contribution in [3.05, 3.63) is 52.3 Å². The van der Waals surface area contributed by atoms with Gasteiger partial charge in [0.15, 0.2) is 6.61 Å². The second kappa shape index (κ2) is 9.50. The van der Waals surface area contributed by atoms with E-state index in [1.807, 2.05) is 0 Å². The molecular formula is C19H19F2NO5S. The summed E-state index contributed by atoms with van der Waals surface area (Å²) in [5, 5.41) is 0. The minimum absolute atomic E-state index is 0.0460. The lowest BCUT2D eigenvalue weighted by atomic mass is 10.1. The Morgan fingerprint density at radius 2 is 1.79 bits per heavy atom. The molecule has 6 nitrogen and oxygen atoms in total. The first-order valence-corrected chi connectivity index (χ1v) is 9.24. The Hall–Kier alpha value is -2.68. The molecule has 0 aliphatic rings. The Morgan fingerprint density at radius 1 is 1.11 bits per heavy atom. The summed E-state index contributed by atoms with van der Waals surface area (Å²) in [5.41, 5.74) is 1.18. The molecule has 0 unspecified atom stereocenters. The summed E-state index contributed by atoms with van der Waals surface area (Å²) in [6.07, 6.45) is 0. The number of nitrogens with one attached hydrogen (secondary N) is 1. The minimum atomic E-state index is -2.69. The molecular weight excluding hydrogens is 392 g/mol. The number of carbonyl (C=O) groups is 3. The molecule has 2 aromatic rings. The largest absolute Gasteiger partial charge is 0.461 e. The molecule has 0 radical (unpaired) electrons. The molecule has 0 fully saturated rings. The number of hydrogen-bond acceptors (Lipinski definition) is 6. The van der Waals surface area contributed by atoms with Crippen LogP contribution in [0.25, 0.3) is 0 Å². The number of Topliss-reactive ketones (excluding diaryl/α,β-unsaturated/α-hetero) is 1. The average molecular weight is 411 g/mol. The fraction of sp³-hybridized carbons (Fsp3) is 0.316. The highest BCUT2D eigenvalue weighted by Crippen LogP contribution is 2.29. The van der Waals surface area contributed by atoms with Crippen LogP contribution in [-0.2, 0) is 9.47 Å². The molecule has 1 N–H and O–H groups in total. The average Bonchev–Trinajstić information content (AvgIpc) is 2.94. The molecule has 0 saturated carbocycles. The molecule has 0 aliphatic carbocycles. The molecule has 1 aromatic carbocycles. The van der Waals surface area contributed by atoms with Crippen molar-refractivity contribution in [3.63, 3.8) is 0 Å². The standard InChI is InChI=1S/C19H19F2NO5S/c1-4-26-18(25)16-10(2)15(11(3)22-16)13(23)9-27-17(24)12-7-5-6-8-14(12)28-19(20)21/h5-8,19,22H,4,9H2,1-3H3. The lowest BCUT2D eigenvalue weighted by molar-refractivity contribution is 0.0469. The van der Waals surface area contributed by atoms with Crippen LogP contribution in [0.1, 0.15) is 49.4 Å². The molecule has 0 aliphatic heterocycles. The van der Waals surface area contributed by atoms with Gasteiger partial charge in [0.1, 0.15) is 5.69 Å². The van der Waals surface area contributed by atoms with E-state index in [-0.39, 0.29) is 40.1 Å². The predicted molar refractivity (Wildman–Crippen MR) is 99.1 cm³/mol. The number of hydrogen-bond donors (Lipinski definition) is 1. The number of rotatable bonds is 8. The van der Waals surface area contributed by atoms with Crippen LogP contribution in [0.15, 0.2) is 29.2 Å². The van der Waals surface area contributed by atoms with Crippen molar-refractivity contribution in [3.8, 4) is 0 Å². The van der Waals surface area contributed by atoms with Gasteiger partial charge in [0.05, 0.1) is 12.2 Å². The maximum atomic E-state index is 12.6. The van der Waals surface area contributed by atoms with Gasteiger partial charge in [-0.05, 0) is 38.5 Å². The van der Waals surface area contributed by atoms with Gasteiger partial charge in [0.25, 0.3) is 5.76 Å². The van der Waals surface area contributed by atoms with Crippen molar-refractivity contribution in [1.82, 2.24) is 4.98 Å². The SMILES string of the molecule is CCOC(=O)c1[nH]c(C)c(C(=O)COC(=O)c2ccccc2SC(F)F)c1C. The number of benzene rings is 1. The summed E-state index contributed by atoms with van der Waals surface area (Å²) in [4.78, 5) is 39.5. The van der Waals surface area contributed by atoms with Crippen molar-refractivity contribution >= 4 is 29.5 Å². The Morgan fingerprint density at radius 3 is 2.43 bits per heavy atom. The third kappa shape index (κ3) is 4.98. The van der Waals surface area contributed by atoms with E-state index in [1.54, 1.807) is 20.8 Å². The number of alkyl halides is 2. The highest BCUT2D eigenvalue weighted by molar-refractivity contribution is 7.99. The van der Waals surface area contributed by atoms with Crippen molar-refractivity contribution < 1.29 is 32.6 Å². The number of ketones is 1. The monoisotopic (exact) mass is 411 g/mol. The summed E-state index contributed by atoms with van der Waals surface area (Å²) < 4.78 is 35.2. The summed E-state index contributed by atoms with van der Waals surface area (Å²) in [6.45, 7) is 4.46. The van der Waals surface area contributed by atoms with E-state index in [2.05, 4.69) is 4.98 Å². The van der Waals surface area contributed by atoms with Gasteiger partial charge in [-0.2, -0.15) is 8.78 Å². The van der Waals surface area contributed by atoms with Crippen LogP contribution in [-0.4, -0.2) is 41.7 Å². The first kappa shape index (κ1) is 21.6. The number of aromatic nitrogens is 1. The molecule has 1 heterocycles. The number of carbonyl (C=O) groups excluding carboxylic acids is 3. The van der Waals surface area contributed by atoms with E-state index in [0.717, 1.165) is 0 Å². The van der Waals surface area contributed by atoms with Gasteiger partial charge >= 0.3 is 11.9 Å². The normalized spacial score (nSPS) is 10.8. The van der Waals surface area contributed by atoms with E-state index in [4.69, 9.17) is 9.47 Å². The molecule has 9 heteroatoms. The first-order chi connectivity index (χ1) is 13.3. The highest BCUT2D eigenvalue weighted by atomic mass is 32.2. The number of aryl methyl sites for hydroxylation is 1. The van der Waals surface area contributed by atoms with Gasteiger partial charge < -0.3 is 14.5 Å². The van der Waals surface area contributed by atoms with E-state index < -0.39 is 30.1 Å². The highest BCUT2D eigenvalue weighted by Gasteiger charge is 2.24. The number of ether oxygens (including phenoxy) is 2. The Kier molecular flexibility index (Phi) is 7.33. The van der Waals surface area contributed by atoms with Crippen molar-refractivity contribution in [1.29, 1.82) is 0 Å². The fourth-order valence-corrected chi connectivity index (χ4v) is 3.32. The smallest absolute Gasteiger partial charge is 0.355 e. The van der Waals surface area contributed by atoms with Crippen molar-refractivity contribution in [2.24, 2.45) is 0 Å². The Labute approximate surface area is 164 Å². The lowest BCUT2D eigenvalue weighted by Gasteiger charge is -2.09. The Bertz CT molecular complexity index is 894.